The van der Waals surface area contributed by atoms with Crippen molar-refractivity contribution in [1.82, 2.24) is 5.32 Å². The van der Waals surface area contributed by atoms with E-state index >= 15 is 0 Å². The standard InChI is InChI=1S/C12H15ClN2O2/c1-14-5-6-15-11(16)7-8-9(13)3-4-10(17-2)12(8)15/h3-4,14H,5-7H2,1-2H3. The minimum atomic E-state index is 0.0710. The lowest BCUT2D eigenvalue weighted by Gasteiger charge is -2.19. The Hall–Kier alpha value is -1.26. The highest BCUT2D eigenvalue weighted by Crippen LogP contribution is 2.41. The number of rotatable bonds is 4. The fourth-order valence-electron chi connectivity index (χ4n) is 2.05. The van der Waals surface area contributed by atoms with Gasteiger partial charge in [-0.15, -0.1) is 0 Å². The summed E-state index contributed by atoms with van der Waals surface area (Å²) in [6, 6.07) is 3.57. The Morgan fingerprint density at radius 2 is 2.29 bits per heavy atom. The molecular formula is C12H15ClN2O2. The van der Waals surface area contributed by atoms with Crippen LogP contribution in [0.1, 0.15) is 5.56 Å². The molecule has 0 aromatic heterocycles. The molecule has 2 rings (SSSR count). The molecule has 1 aromatic carbocycles. The van der Waals surface area contributed by atoms with Gasteiger partial charge in [-0.05, 0) is 19.2 Å². The summed E-state index contributed by atoms with van der Waals surface area (Å²) < 4.78 is 5.30. The third kappa shape index (κ3) is 2.10. The number of hydrogen-bond donors (Lipinski definition) is 1. The molecule has 17 heavy (non-hydrogen) atoms. The number of nitrogens with one attached hydrogen (secondary N) is 1. The van der Waals surface area contributed by atoms with Crippen LogP contribution in [0.25, 0.3) is 0 Å². The number of fused-ring (bicyclic) bond motifs is 1. The van der Waals surface area contributed by atoms with Crippen molar-refractivity contribution in [2.45, 2.75) is 6.42 Å². The summed E-state index contributed by atoms with van der Waals surface area (Å²) >= 11 is 6.11. The summed E-state index contributed by atoms with van der Waals surface area (Å²) in [5.41, 5.74) is 1.69. The molecule has 0 fully saturated rings. The maximum absolute atomic E-state index is 11.9. The van der Waals surface area contributed by atoms with Crippen molar-refractivity contribution in [3.8, 4) is 5.75 Å². The highest BCUT2D eigenvalue weighted by molar-refractivity contribution is 6.32. The maximum Gasteiger partial charge on any atom is 0.231 e. The minimum Gasteiger partial charge on any atom is -0.495 e. The first-order valence-corrected chi connectivity index (χ1v) is 5.87. The molecule has 0 radical (unpaired) electrons. The molecule has 1 aliphatic heterocycles. The molecule has 0 spiro atoms. The topological polar surface area (TPSA) is 41.6 Å². The van der Waals surface area contributed by atoms with Crippen LogP contribution in [0.3, 0.4) is 0 Å². The summed E-state index contributed by atoms with van der Waals surface area (Å²) in [6.07, 6.45) is 0.356. The molecule has 0 aliphatic carbocycles. The molecule has 92 valence electrons. The van der Waals surface area contributed by atoms with Crippen molar-refractivity contribution in [1.29, 1.82) is 0 Å². The first-order chi connectivity index (χ1) is 8.19. The number of anilines is 1. The maximum atomic E-state index is 11.9. The van der Waals surface area contributed by atoms with E-state index in [0.717, 1.165) is 17.8 Å². The second-order valence-corrected chi connectivity index (χ2v) is 4.31. The van der Waals surface area contributed by atoms with E-state index in [1.807, 2.05) is 7.05 Å². The molecule has 4 nitrogen and oxygen atoms in total. The number of carbonyl (C=O) groups is 1. The molecule has 0 unspecified atom stereocenters. The highest BCUT2D eigenvalue weighted by atomic mass is 35.5. The van der Waals surface area contributed by atoms with Crippen LogP contribution >= 0.6 is 11.6 Å². The Labute approximate surface area is 106 Å². The van der Waals surface area contributed by atoms with Gasteiger partial charge in [0.05, 0.1) is 19.2 Å². The minimum absolute atomic E-state index is 0.0710. The average Bonchev–Trinajstić information content (AvgIpc) is 2.65. The molecule has 1 heterocycles. The number of likely N-dealkylation sites (N-methyl/N-ethyl adjacent to an activating group) is 1. The molecule has 1 N–H and O–H groups in total. The summed E-state index contributed by atoms with van der Waals surface area (Å²) in [5.74, 6) is 0.771. The summed E-state index contributed by atoms with van der Waals surface area (Å²) in [5, 5.41) is 3.66. The Morgan fingerprint density at radius 1 is 1.53 bits per heavy atom. The number of halogens is 1. The van der Waals surface area contributed by atoms with E-state index in [4.69, 9.17) is 16.3 Å². The summed E-state index contributed by atoms with van der Waals surface area (Å²) in [6.45, 7) is 1.36. The van der Waals surface area contributed by atoms with Gasteiger partial charge >= 0.3 is 0 Å². The SMILES string of the molecule is CNCCN1C(=O)Cc2c(Cl)ccc(OC)c21. The predicted molar refractivity (Wildman–Crippen MR) is 68.0 cm³/mol. The van der Waals surface area contributed by atoms with Gasteiger partial charge in [0.15, 0.2) is 0 Å². The van der Waals surface area contributed by atoms with Gasteiger partial charge in [0.1, 0.15) is 5.75 Å². The van der Waals surface area contributed by atoms with Gasteiger partial charge in [0.25, 0.3) is 0 Å². The number of ether oxygens (including phenoxy) is 1. The van der Waals surface area contributed by atoms with Crippen molar-refractivity contribution in [3.05, 3.63) is 22.7 Å². The Bertz CT molecular complexity index is 448. The molecule has 5 heteroatoms. The smallest absolute Gasteiger partial charge is 0.231 e. The quantitative estimate of drug-likeness (QED) is 0.885. The zero-order valence-corrected chi connectivity index (χ0v) is 10.7. The molecule has 0 atom stereocenters. The molecular weight excluding hydrogens is 240 g/mol. The Balaban J connectivity index is 2.42. The van der Waals surface area contributed by atoms with Crippen LogP contribution in [-0.4, -0.2) is 33.2 Å². The van der Waals surface area contributed by atoms with Crippen LogP contribution in [0.5, 0.6) is 5.75 Å². The van der Waals surface area contributed by atoms with E-state index in [9.17, 15) is 4.79 Å². The molecule has 0 saturated heterocycles. The zero-order valence-electron chi connectivity index (χ0n) is 9.92. The van der Waals surface area contributed by atoms with E-state index in [1.54, 1.807) is 24.1 Å². The van der Waals surface area contributed by atoms with Crippen molar-refractivity contribution >= 4 is 23.2 Å². The summed E-state index contributed by atoms with van der Waals surface area (Å²) in [7, 11) is 3.46. The van der Waals surface area contributed by atoms with Gasteiger partial charge < -0.3 is 15.0 Å². The number of carbonyl (C=O) groups excluding carboxylic acids is 1. The number of amides is 1. The van der Waals surface area contributed by atoms with E-state index < -0.39 is 0 Å². The van der Waals surface area contributed by atoms with Gasteiger partial charge in [-0.3, -0.25) is 4.79 Å². The third-order valence-electron chi connectivity index (χ3n) is 2.89. The zero-order chi connectivity index (χ0) is 12.4. The lowest BCUT2D eigenvalue weighted by molar-refractivity contribution is -0.117. The average molecular weight is 255 g/mol. The fourth-order valence-corrected chi connectivity index (χ4v) is 2.27. The number of benzene rings is 1. The van der Waals surface area contributed by atoms with Crippen LogP contribution in [0.2, 0.25) is 5.02 Å². The number of methoxy groups -OCH3 is 1. The van der Waals surface area contributed by atoms with Crippen molar-refractivity contribution in [3.63, 3.8) is 0 Å². The van der Waals surface area contributed by atoms with Crippen LogP contribution in [-0.2, 0) is 11.2 Å². The van der Waals surface area contributed by atoms with Crippen molar-refractivity contribution in [2.24, 2.45) is 0 Å². The molecule has 1 amide bonds. The van der Waals surface area contributed by atoms with Gasteiger partial charge in [-0.25, -0.2) is 0 Å². The third-order valence-corrected chi connectivity index (χ3v) is 3.25. The normalized spacial score (nSPS) is 14.1. The van der Waals surface area contributed by atoms with Crippen molar-refractivity contribution in [2.75, 3.05) is 32.1 Å². The predicted octanol–water partition coefficient (Wildman–Crippen LogP) is 1.46. The molecule has 0 saturated carbocycles. The van der Waals surface area contributed by atoms with Gasteiger partial charge in [-0.2, -0.15) is 0 Å². The van der Waals surface area contributed by atoms with E-state index in [2.05, 4.69) is 5.32 Å². The van der Waals surface area contributed by atoms with Crippen LogP contribution < -0.4 is 15.0 Å². The van der Waals surface area contributed by atoms with E-state index in [0.29, 0.717) is 23.7 Å². The number of hydrogen-bond acceptors (Lipinski definition) is 3. The fraction of sp³-hybridized carbons (Fsp3) is 0.417. The molecule has 1 aromatic rings. The van der Waals surface area contributed by atoms with Gasteiger partial charge in [-0.1, -0.05) is 11.6 Å². The highest BCUT2D eigenvalue weighted by Gasteiger charge is 2.31. The summed E-state index contributed by atoms with van der Waals surface area (Å²) in [4.78, 5) is 13.7. The largest absolute Gasteiger partial charge is 0.495 e. The Morgan fingerprint density at radius 3 is 2.94 bits per heavy atom. The monoisotopic (exact) mass is 254 g/mol. The second-order valence-electron chi connectivity index (χ2n) is 3.90. The van der Waals surface area contributed by atoms with Gasteiger partial charge in [0, 0.05) is 23.7 Å². The van der Waals surface area contributed by atoms with E-state index in [1.165, 1.54) is 0 Å². The van der Waals surface area contributed by atoms with E-state index in [-0.39, 0.29) is 5.91 Å². The van der Waals surface area contributed by atoms with Crippen LogP contribution in [0, 0.1) is 0 Å². The molecule has 0 bridgehead atoms. The molecule has 1 aliphatic rings. The second kappa shape index (κ2) is 4.94. The first kappa shape index (κ1) is 12.2. The van der Waals surface area contributed by atoms with Crippen LogP contribution in [0.4, 0.5) is 5.69 Å². The lowest BCUT2D eigenvalue weighted by Crippen LogP contribution is -2.33. The lowest BCUT2D eigenvalue weighted by atomic mass is 10.1. The number of nitrogens with zero attached hydrogens (tertiary/aromatic N) is 1. The van der Waals surface area contributed by atoms with Gasteiger partial charge in [0.2, 0.25) is 5.91 Å². The Kier molecular flexibility index (Phi) is 3.54. The van der Waals surface area contributed by atoms with Crippen molar-refractivity contribution < 1.29 is 9.53 Å². The van der Waals surface area contributed by atoms with Crippen LogP contribution in [0.15, 0.2) is 12.1 Å². The first-order valence-electron chi connectivity index (χ1n) is 5.49.